The Morgan fingerprint density at radius 3 is 2.57 bits per heavy atom. The standard InChI is InChI=1S/C28H25N3O6/c1-15-10-22(30-37-15)29-23(32)14-36-28(35)17-8-5-9-19(11-17)31-26(33)24-18-12-20(16-6-3-2-4-7-16)21(13-18)25(24)27(31)34/h2-11,18,20-21,24-25H,12-14H2,1H3,(H,29,30,32)/t18-,20+,21+,24+,25+/m0/s1. The number of rotatable bonds is 6. The van der Waals surface area contributed by atoms with Crippen molar-refractivity contribution >= 4 is 35.2 Å². The van der Waals surface area contributed by atoms with Crippen molar-refractivity contribution in [1.29, 1.82) is 0 Å². The zero-order chi connectivity index (χ0) is 25.7. The van der Waals surface area contributed by atoms with Crippen molar-refractivity contribution in [3.63, 3.8) is 0 Å². The van der Waals surface area contributed by atoms with Crippen LogP contribution in [0.15, 0.2) is 65.2 Å². The van der Waals surface area contributed by atoms with Gasteiger partial charge in [0.05, 0.1) is 23.1 Å². The van der Waals surface area contributed by atoms with E-state index in [9.17, 15) is 19.2 Å². The molecule has 5 atom stereocenters. The van der Waals surface area contributed by atoms with Crippen molar-refractivity contribution in [1.82, 2.24) is 5.16 Å². The van der Waals surface area contributed by atoms with Gasteiger partial charge < -0.3 is 14.6 Å². The van der Waals surface area contributed by atoms with E-state index in [4.69, 9.17) is 9.26 Å². The molecular formula is C28H25N3O6. The normalized spacial score (nSPS) is 25.9. The lowest BCUT2D eigenvalue weighted by Gasteiger charge is -2.28. The first-order valence-electron chi connectivity index (χ1n) is 12.3. The van der Waals surface area contributed by atoms with Crippen LogP contribution in [0.2, 0.25) is 0 Å². The van der Waals surface area contributed by atoms with E-state index in [0.717, 1.165) is 12.8 Å². The van der Waals surface area contributed by atoms with Crippen molar-refractivity contribution in [2.24, 2.45) is 23.7 Å². The van der Waals surface area contributed by atoms with E-state index < -0.39 is 18.5 Å². The van der Waals surface area contributed by atoms with Crippen LogP contribution in [0.3, 0.4) is 0 Å². The second-order valence-corrected chi connectivity index (χ2v) is 9.97. The minimum atomic E-state index is -0.739. The lowest BCUT2D eigenvalue weighted by atomic mass is 9.73. The number of hydrogen-bond acceptors (Lipinski definition) is 7. The molecule has 9 heteroatoms. The number of aromatic nitrogens is 1. The van der Waals surface area contributed by atoms with E-state index in [1.165, 1.54) is 28.7 Å². The second-order valence-electron chi connectivity index (χ2n) is 9.97. The zero-order valence-corrected chi connectivity index (χ0v) is 20.1. The van der Waals surface area contributed by atoms with Gasteiger partial charge in [-0.2, -0.15) is 0 Å². The molecule has 37 heavy (non-hydrogen) atoms. The van der Waals surface area contributed by atoms with Gasteiger partial charge in [-0.25, -0.2) is 4.79 Å². The molecule has 188 valence electrons. The molecule has 0 spiro atoms. The van der Waals surface area contributed by atoms with E-state index in [0.29, 0.717) is 11.4 Å². The first-order chi connectivity index (χ1) is 17.9. The second kappa shape index (κ2) is 8.99. The molecule has 2 bridgehead atoms. The number of ether oxygens (including phenoxy) is 1. The monoisotopic (exact) mass is 499 g/mol. The van der Waals surface area contributed by atoms with Gasteiger partial charge >= 0.3 is 5.97 Å². The number of hydrogen-bond donors (Lipinski definition) is 1. The molecule has 1 aromatic heterocycles. The van der Waals surface area contributed by atoms with Crippen LogP contribution in [0.5, 0.6) is 0 Å². The van der Waals surface area contributed by atoms with Crippen LogP contribution in [0.25, 0.3) is 0 Å². The third-order valence-electron chi connectivity index (χ3n) is 7.81. The maximum absolute atomic E-state index is 13.6. The molecule has 0 radical (unpaired) electrons. The van der Waals surface area contributed by atoms with E-state index in [1.54, 1.807) is 19.1 Å². The Morgan fingerprint density at radius 2 is 1.81 bits per heavy atom. The molecule has 3 amide bonds. The maximum Gasteiger partial charge on any atom is 0.338 e. The fraction of sp³-hybridized carbons (Fsp3) is 0.321. The van der Waals surface area contributed by atoms with Crippen LogP contribution in [0.4, 0.5) is 11.5 Å². The fourth-order valence-electron chi connectivity index (χ4n) is 6.39. The molecular weight excluding hydrogens is 474 g/mol. The molecule has 3 aromatic rings. The molecule has 3 fully saturated rings. The van der Waals surface area contributed by atoms with Gasteiger partial charge in [0.15, 0.2) is 12.4 Å². The number of fused-ring (bicyclic) bond motifs is 5. The molecule has 1 N–H and O–H groups in total. The highest BCUT2D eigenvalue weighted by Crippen LogP contribution is 2.61. The van der Waals surface area contributed by atoms with Gasteiger partial charge in [0.1, 0.15) is 5.76 Å². The number of esters is 1. The van der Waals surface area contributed by atoms with E-state index in [-0.39, 0.29) is 52.8 Å². The summed E-state index contributed by atoms with van der Waals surface area (Å²) in [5.74, 6) is -0.997. The molecule has 2 aromatic carbocycles. The summed E-state index contributed by atoms with van der Waals surface area (Å²) in [4.78, 5) is 52.9. The van der Waals surface area contributed by atoms with Gasteiger partial charge in [-0.05, 0) is 61.3 Å². The Bertz CT molecular complexity index is 1400. The van der Waals surface area contributed by atoms with Gasteiger partial charge in [-0.1, -0.05) is 41.6 Å². The smallest absolute Gasteiger partial charge is 0.338 e. The third-order valence-corrected chi connectivity index (χ3v) is 7.81. The Hall–Kier alpha value is -4.27. The van der Waals surface area contributed by atoms with Crippen molar-refractivity contribution < 1.29 is 28.4 Å². The SMILES string of the molecule is Cc1cc(NC(=O)COC(=O)c2cccc(N3C(=O)[C@@H]4[C@@H]5C[C@@H]([C@H]4C3=O)[C@@H](c3ccccc3)C5)c2)no1. The summed E-state index contributed by atoms with van der Waals surface area (Å²) in [6, 6.07) is 18.0. The predicted molar refractivity (Wildman–Crippen MR) is 131 cm³/mol. The quantitative estimate of drug-likeness (QED) is 0.406. The number of nitrogens with zero attached hydrogens (tertiary/aromatic N) is 2. The minimum absolute atomic E-state index is 0.138. The fourth-order valence-corrected chi connectivity index (χ4v) is 6.39. The number of aryl methyl sites for hydroxylation is 1. The molecule has 3 aliphatic rings. The van der Waals surface area contributed by atoms with Crippen LogP contribution in [-0.4, -0.2) is 35.5 Å². The van der Waals surface area contributed by atoms with Crippen molar-refractivity contribution in [3.05, 3.63) is 77.6 Å². The van der Waals surface area contributed by atoms with E-state index in [1.807, 2.05) is 18.2 Å². The lowest BCUT2D eigenvalue weighted by molar-refractivity contribution is -0.123. The summed E-state index contributed by atoms with van der Waals surface area (Å²) in [5, 5.41) is 6.13. The van der Waals surface area contributed by atoms with E-state index >= 15 is 0 Å². The molecule has 2 heterocycles. The third kappa shape index (κ3) is 4.00. The Morgan fingerprint density at radius 1 is 1.03 bits per heavy atom. The van der Waals surface area contributed by atoms with Crippen LogP contribution in [0, 0.1) is 30.6 Å². The summed E-state index contributed by atoms with van der Waals surface area (Å²) >= 11 is 0. The Balaban J connectivity index is 1.15. The number of carbonyl (C=O) groups excluding carboxylic acids is 4. The average Bonchev–Trinajstić information content (AvgIpc) is 3.66. The molecule has 2 aliphatic carbocycles. The Labute approximate surface area is 212 Å². The maximum atomic E-state index is 13.6. The summed E-state index contributed by atoms with van der Waals surface area (Å²) in [6.45, 7) is 1.16. The van der Waals surface area contributed by atoms with Crippen molar-refractivity contribution in [3.8, 4) is 0 Å². The van der Waals surface area contributed by atoms with Gasteiger partial charge in [-0.3, -0.25) is 19.3 Å². The number of anilines is 2. The number of carbonyl (C=O) groups is 4. The van der Waals surface area contributed by atoms with Gasteiger partial charge in [0.2, 0.25) is 11.8 Å². The highest BCUT2D eigenvalue weighted by atomic mass is 16.5. The summed E-state index contributed by atoms with van der Waals surface area (Å²) in [6.07, 6.45) is 1.80. The lowest BCUT2D eigenvalue weighted by Crippen LogP contribution is -2.33. The summed E-state index contributed by atoms with van der Waals surface area (Å²) < 4.78 is 10.0. The number of nitrogens with one attached hydrogen (secondary N) is 1. The molecule has 1 aliphatic heterocycles. The Kier molecular flexibility index (Phi) is 5.62. The predicted octanol–water partition coefficient (Wildman–Crippen LogP) is 3.71. The first-order valence-corrected chi connectivity index (χ1v) is 12.3. The van der Waals surface area contributed by atoms with Gasteiger partial charge in [0, 0.05) is 6.07 Å². The minimum Gasteiger partial charge on any atom is -0.452 e. The van der Waals surface area contributed by atoms with Crippen molar-refractivity contribution in [2.75, 3.05) is 16.8 Å². The summed E-state index contributed by atoms with van der Waals surface area (Å²) in [7, 11) is 0. The number of imide groups is 1. The van der Waals surface area contributed by atoms with Gasteiger partial charge in [-0.15, -0.1) is 0 Å². The number of amides is 3. The molecule has 9 nitrogen and oxygen atoms in total. The van der Waals surface area contributed by atoms with E-state index in [2.05, 4.69) is 22.6 Å². The van der Waals surface area contributed by atoms with Crippen LogP contribution >= 0.6 is 0 Å². The molecule has 2 saturated carbocycles. The van der Waals surface area contributed by atoms with Gasteiger partial charge in [0.25, 0.3) is 5.91 Å². The van der Waals surface area contributed by atoms with Crippen LogP contribution < -0.4 is 10.2 Å². The molecule has 0 unspecified atom stereocenters. The number of benzene rings is 2. The highest BCUT2D eigenvalue weighted by Gasteiger charge is 2.64. The van der Waals surface area contributed by atoms with Crippen LogP contribution in [0.1, 0.15) is 40.4 Å². The highest BCUT2D eigenvalue weighted by molar-refractivity contribution is 6.23. The topological polar surface area (TPSA) is 119 Å². The average molecular weight is 500 g/mol. The molecule has 6 rings (SSSR count). The largest absolute Gasteiger partial charge is 0.452 e. The zero-order valence-electron chi connectivity index (χ0n) is 20.1. The summed E-state index contributed by atoms with van der Waals surface area (Å²) in [5.41, 5.74) is 1.71. The van der Waals surface area contributed by atoms with Crippen LogP contribution in [-0.2, 0) is 19.1 Å². The van der Waals surface area contributed by atoms with Crippen molar-refractivity contribution in [2.45, 2.75) is 25.7 Å². The first kappa shape index (κ1) is 23.1. The molecule has 1 saturated heterocycles.